The van der Waals surface area contributed by atoms with E-state index in [-0.39, 0.29) is 40.3 Å². The second kappa shape index (κ2) is 6.79. The van der Waals surface area contributed by atoms with Gasteiger partial charge in [-0.2, -0.15) is 0 Å². The van der Waals surface area contributed by atoms with Crippen LogP contribution in [0.25, 0.3) is 0 Å². The van der Waals surface area contributed by atoms with Crippen molar-refractivity contribution < 1.29 is 17.6 Å². The van der Waals surface area contributed by atoms with Gasteiger partial charge < -0.3 is 5.32 Å². The van der Waals surface area contributed by atoms with Gasteiger partial charge in [-0.25, -0.2) is 12.8 Å². The first-order valence-corrected chi connectivity index (χ1v) is 9.59. The Morgan fingerprint density at radius 2 is 2.10 bits per heavy atom. The second-order valence-corrected chi connectivity index (χ2v) is 8.73. The van der Waals surface area contributed by atoms with Gasteiger partial charge >= 0.3 is 0 Å². The number of nitrogens with one attached hydrogen (secondary N) is 1. The summed E-state index contributed by atoms with van der Waals surface area (Å²) in [5, 5.41) is 2.82. The molecule has 1 fully saturated rings. The molecule has 0 saturated carbocycles. The van der Waals surface area contributed by atoms with Gasteiger partial charge in [-0.05, 0) is 31.0 Å². The smallest absolute Gasteiger partial charge is 0.230 e. The summed E-state index contributed by atoms with van der Waals surface area (Å²) in [5.41, 5.74) is 0.956. The van der Waals surface area contributed by atoms with Gasteiger partial charge in [0.2, 0.25) is 5.91 Å². The Bertz CT molecular complexity index is 601. The Morgan fingerprint density at radius 3 is 2.67 bits per heavy atom. The van der Waals surface area contributed by atoms with Crippen LogP contribution in [0.3, 0.4) is 0 Å². The highest BCUT2D eigenvalue weighted by molar-refractivity contribution is 8.00. The van der Waals surface area contributed by atoms with Crippen molar-refractivity contribution in [3.63, 3.8) is 0 Å². The van der Waals surface area contributed by atoms with Gasteiger partial charge in [0, 0.05) is 11.3 Å². The Kier molecular flexibility index (Phi) is 5.27. The summed E-state index contributed by atoms with van der Waals surface area (Å²) in [6.45, 7) is 1.95. The number of rotatable bonds is 5. The molecule has 1 heterocycles. The van der Waals surface area contributed by atoms with E-state index < -0.39 is 9.84 Å². The van der Waals surface area contributed by atoms with Gasteiger partial charge in [-0.15, -0.1) is 11.8 Å². The van der Waals surface area contributed by atoms with Crippen molar-refractivity contribution in [2.75, 3.05) is 17.3 Å². The SMILES string of the molecule is C[C@H](SCC(=O)N[C@H]1CCS(=O)(=O)C1)c1ccc(F)cc1. The number of halogens is 1. The van der Waals surface area contributed by atoms with Crippen LogP contribution in [0.2, 0.25) is 0 Å². The number of amides is 1. The molecular weight excluding hydrogens is 313 g/mol. The number of sulfone groups is 1. The summed E-state index contributed by atoms with van der Waals surface area (Å²) >= 11 is 1.44. The number of thioether (sulfide) groups is 1. The molecule has 21 heavy (non-hydrogen) atoms. The molecule has 7 heteroatoms. The minimum Gasteiger partial charge on any atom is -0.352 e. The topological polar surface area (TPSA) is 63.2 Å². The molecule has 0 unspecified atom stereocenters. The maximum absolute atomic E-state index is 12.8. The van der Waals surface area contributed by atoms with Crippen LogP contribution in [0.5, 0.6) is 0 Å². The van der Waals surface area contributed by atoms with Crippen LogP contribution in [0.1, 0.15) is 24.2 Å². The van der Waals surface area contributed by atoms with Crippen molar-refractivity contribution in [3.8, 4) is 0 Å². The average Bonchev–Trinajstić information content (AvgIpc) is 2.76. The zero-order chi connectivity index (χ0) is 15.5. The van der Waals surface area contributed by atoms with Crippen molar-refractivity contribution in [1.29, 1.82) is 0 Å². The molecule has 0 aromatic heterocycles. The van der Waals surface area contributed by atoms with Gasteiger partial charge in [0.1, 0.15) is 5.82 Å². The van der Waals surface area contributed by atoms with E-state index in [0.717, 1.165) is 5.56 Å². The molecule has 116 valence electrons. The van der Waals surface area contributed by atoms with Crippen LogP contribution in [-0.2, 0) is 14.6 Å². The molecule has 1 amide bonds. The molecule has 2 atom stereocenters. The van der Waals surface area contributed by atoms with E-state index in [9.17, 15) is 17.6 Å². The van der Waals surface area contributed by atoms with E-state index in [1.807, 2.05) is 6.92 Å². The highest BCUT2D eigenvalue weighted by Crippen LogP contribution is 2.27. The largest absolute Gasteiger partial charge is 0.352 e. The molecule has 1 N–H and O–H groups in total. The maximum Gasteiger partial charge on any atom is 0.230 e. The third-order valence-electron chi connectivity index (χ3n) is 3.40. The minimum atomic E-state index is -2.98. The number of benzene rings is 1. The summed E-state index contributed by atoms with van der Waals surface area (Å²) in [4.78, 5) is 11.8. The molecule has 0 spiro atoms. The van der Waals surface area contributed by atoms with Gasteiger partial charge in [0.05, 0.1) is 17.3 Å². The van der Waals surface area contributed by atoms with E-state index in [1.165, 1.54) is 23.9 Å². The molecule has 2 rings (SSSR count). The Labute approximate surface area is 128 Å². The van der Waals surface area contributed by atoms with Crippen molar-refractivity contribution in [2.45, 2.75) is 24.6 Å². The highest BCUT2D eigenvalue weighted by atomic mass is 32.2. The standard InChI is InChI=1S/C14H18FNO3S2/c1-10(11-2-4-12(15)5-3-11)20-8-14(17)16-13-6-7-21(18,19)9-13/h2-5,10,13H,6-9H2,1H3,(H,16,17)/t10-,13-/m0/s1. The monoisotopic (exact) mass is 331 g/mol. The third kappa shape index (κ3) is 5.00. The summed E-state index contributed by atoms with van der Waals surface area (Å²) in [6.07, 6.45) is 0.492. The molecule has 1 aromatic rings. The van der Waals surface area contributed by atoms with E-state index in [2.05, 4.69) is 5.32 Å². The summed E-state index contributed by atoms with van der Waals surface area (Å²) < 4.78 is 35.5. The second-order valence-electron chi connectivity index (χ2n) is 5.17. The number of hydrogen-bond acceptors (Lipinski definition) is 4. The van der Waals surface area contributed by atoms with Crippen molar-refractivity contribution in [1.82, 2.24) is 5.32 Å². The van der Waals surface area contributed by atoms with Gasteiger partial charge in [-0.1, -0.05) is 12.1 Å². The zero-order valence-corrected chi connectivity index (χ0v) is 13.3. The third-order valence-corrected chi connectivity index (χ3v) is 6.37. The number of carbonyl (C=O) groups excluding carboxylic acids is 1. The Morgan fingerprint density at radius 1 is 1.43 bits per heavy atom. The maximum atomic E-state index is 12.8. The van der Waals surface area contributed by atoms with E-state index in [0.29, 0.717) is 6.42 Å². The Hall–Kier alpha value is -1.08. The number of hydrogen-bond donors (Lipinski definition) is 1. The first-order valence-electron chi connectivity index (χ1n) is 6.72. The summed E-state index contributed by atoms with van der Waals surface area (Å²) in [5.74, 6) is 0.00972. The molecule has 1 aliphatic heterocycles. The molecule has 0 bridgehead atoms. The lowest BCUT2D eigenvalue weighted by Gasteiger charge is -2.14. The fraction of sp³-hybridized carbons (Fsp3) is 0.500. The quantitative estimate of drug-likeness (QED) is 0.895. The van der Waals surface area contributed by atoms with Gasteiger partial charge in [0.25, 0.3) is 0 Å². The average molecular weight is 331 g/mol. The van der Waals surface area contributed by atoms with Crippen molar-refractivity contribution in [2.24, 2.45) is 0 Å². The van der Waals surface area contributed by atoms with Crippen LogP contribution < -0.4 is 5.32 Å². The van der Waals surface area contributed by atoms with Crippen LogP contribution in [-0.4, -0.2) is 37.6 Å². The highest BCUT2D eigenvalue weighted by Gasteiger charge is 2.28. The first kappa shape index (κ1) is 16.3. The summed E-state index contributed by atoms with van der Waals surface area (Å²) in [6, 6.07) is 5.94. The van der Waals surface area contributed by atoms with Crippen LogP contribution >= 0.6 is 11.8 Å². The zero-order valence-electron chi connectivity index (χ0n) is 11.7. The lowest BCUT2D eigenvalue weighted by atomic mass is 10.2. The Balaban J connectivity index is 1.77. The number of carbonyl (C=O) groups is 1. The van der Waals surface area contributed by atoms with Gasteiger partial charge in [-0.3, -0.25) is 4.79 Å². The molecule has 0 aliphatic carbocycles. The molecular formula is C14H18FNO3S2. The predicted octanol–water partition coefficient (Wildman–Crippen LogP) is 1.92. The van der Waals surface area contributed by atoms with E-state index in [4.69, 9.17) is 0 Å². The first-order chi connectivity index (χ1) is 9.85. The summed E-state index contributed by atoms with van der Waals surface area (Å²) in [7, 11) is -2.98. The molecule has 1 saturated heterocycles. The minimum absolute atomic E-state index is 0.0386. The predicted molar refractivity (Wildman–Crippen MR) is 82.5 cm³/mol. The normalized spacial score (nSPS) is 21.9. The molecule has 1 aliphatic rings. The molecule has 4 nitrogen and oxygen atoms in total. The van der Waals surface area contributed by atoms with E-state index >= 15 is 0 Å². The van der Waals surface area contributed by atoms with Crippen molar-refractivity contribution >= 4 is 27.5 Å². The molecule has 1 aromatic carbocycles. The molecule has 0 radical (unpaired) electrons. The van der Waals surface area contributed by atoms with E-state index in [1.54, 1.807) is 12.1 Å². The van der Waals surface area contributed by atoms with Crippen LogP contribution in [0, 0.1) is 5.82 Å². The van der Waals surface area contributed by atoms with Crippen LogP contribution in [0.4, 0.5) is 4.39 Å². The lowest BCUT2D eigenvalue weighted by molar-refractivity contribution is -0.119. The van der Waals surface area contributed by atoms with Crippen molar-refractivity contribution in [3.05, 3.63) is 35.6 Å². The van der Waals surface area contributed by atoms with Crippen LogP contribution in [0.15, 0.2) is 24.3 Å². The fourth-order valence-electron chi connectivity index (χ4n) is 2.21. The van der Waals surface area contributed by atoms with Gasteiger partial charge in [0.15, 0.2) is 9.84 Å². The fourth-order valence-corrected chi connectivity index (χ4v) is 4.72. The lowest BCUT2D eigenvalue weighted by Crippen LogP contribution is -2.36.